The lowest BCUT2D eigenvalue weighted by Crippen LogP contribution is -1.97. The summed E-state index contributed by atoms with van der Waals surface area (Å²) < 4.78 is 0. The Morgan fingerprint density at radius 1 is 1.00 bits per heavy atom. The van der Waals surface area contributed by atoms with E-state index in [2.05, 4.69) is 20.4 Å². The standard InChI is InChI=1S/C11H12N4/c1-8-3-4-11(15-14-8)6-10-5-9(2)13-12-7-10/h3-5,7H,6H2,1-2H3. The lowest BCUT2D eigenvalue weighted by atomic mass is 10.1. The highest BCUT2D eigenvalue weighted by Gasteiger charge is 1.99. The van der Waals surface area contributed by atoms with Crippen molar-refractivity contribution in [2.45, 2.75) is 20.3 Å². The summed E-state index contributed by atoms with van der Waals surface area (Å²) in [5, 5.41) is 15.9. The Labute approximate surface area is 88.4 Å². The predicted molar refractivity (Wildman–Crippen MR) is 56.3 cm³/mol. The summed E-state index contributed by atoms with van der Waals surface area (Å²) in [7, 11) is 0. The minimum Gasteiger partial charge on any atom is -0.159 e. The zero-order valence-electron chi connectivity index (χ0n) is 8.81. The highest BCUT2D eigenvalue weighted by atomic mass is 15.1. The molecule has 0 N–H and O–H groups in total. The molecule has 2 aromatic heterocycles. The second-order valence-electron chi connectivity index (χ2n) is 3.55. The molecule has 0 fully saturated rings. The Morgan fingerprint density at radius 2 is 1.87 bits per heavy atom. The Morgan fingerprint density at radius 3 is 2.53 bits per heavy atom. The van der Waals surface area contributed by atoms with Crippen LogP contribution in [0.4, 0.5) is 0 Å². The van der Waals surface area contributed by atoms with Crippen molar-refractivity contribution >= 4 is 0 Å². The maximum atomic E-state index is 4.11. The van der Waals surface area contributed by atoms with E-state index in [0.29, 0.717) is 0 Å². The van der Waals surface area contributed by atoms with Gasteiger partial charge in [0.15, 0.2) is 0 Å². The summed E-state index contributed by atoms with van der Waals surface area (Å²) in [4.78, 5) is 0. The molecule has 0 aliphatic heterocycles. The first-order valence-corrected chi connectivity index (χ1v) is 4.81. The van der Waals surface area contributed by atoms with Gasteiger partial charge in [0.05, 0.1) is 23.3 Å². The Bertz CT molecular complexity index is 450. The summed E-state index contributed by atoms with van der Waals surface area (Å²) in [6, 6.07) is 5.95. The third kappa shape index (κ3) is 2.56. The van der Waals surface area contributed by atoms with E-state index < -0.39 is 0 Å². The first-order valence-electron chi connectivity index (χ1n) is 4.81. The fourth-order valence-electron chi connectivity index (χ4n) is 1.36. The molecule has 0 aliphatic carbocycles. The van der Waals surface area contributed by atoms with Gasteiger partial charge in [0.1, 0.15) is 0 Å². The molecule has 0 aliphatic rings. The van der Waals surface area contributed by atoms with E-state index in [9.17, 15) is 0 Å². The number of hydrogen-bond acceptors (Lipinski definition) is 4. The van der Waals surface area contributed by atoms with Gasteiger partial charge in [-0.3, -0.25) is 0 Å². The van der Waals surface area contributed by atoms with Crippen LogP contribution in [0.1, 0.15) is 22.6 Å². The molecule has 0 radical (unpaired) electrons. The number of nitrogens with zero attached hydrogens (tertiary/aromatic N) is 4. The zero-order valence-corrected chi connectivity index (χ0v) is 8.81. The minimum atomic E-state index is 0.754. The molecule has 4 nitrogen and oxygen atoms in total. The lowest BCUT2D eigenvalue weighted by molar-refractivity contribution is 0.890. The van der Waals surface area contributed by atoms with E-state index in [1.165, 1.54) is 0 Å². The molecule has 0 aromatic carbocycles. The fourth-order valence-corrected chi connectivity index (χ4v) is 1.36. The van der Waals surface area contributed by atoms with Crippen LogP contribution in [0.25, 0.3) is 0 Å². The molecule has 2 aromatic rings. The van der Waals surface area contributed by atoms with Gasteiger partial charge in [-0.2, -0.15) is 20.4 Å². The van der Waals surface area contributed by atoms with Gasteiger partial charge in [-0.05, 0) is 37.6 Å². The molecule has 2 heterocycles. The summed E-state index contributed by atoms with van der Waals surface area (Å²) >= 11 is 0. The number of aromatic nitrogens is 4. The molecule has 0 spiro atoms. The zero-order chi connectivity index (χ0) is 10.7. The molecule has 2 rings (SSSR count). The van der Waals surface area contributed by atoms with Crippen LogP contribution in [0.5, 0.6) is 0 Å². The van der Waals surface area contributed by atoms with E-state index >= 15 is 0 Å². The van der Waals surface area contributed by atoms with Gasteiger partial charge in [-0.25, -0.2) is 0 Å². The van der Waals surface area contributed by atoms with Gasteiger partial charge in [0, 0.05) is 6.42 Å². The average molecular weight is 200 g/mol. The second-order valence-corrected chi connectivity index (χ2v) is 3.55. The largest absolute Gasteiger partial charge is 0.159 e. The van der Waals surface area contributed by atoms with Crippen molar-refractivity contribution in [2.75, 3.05) is 0 Å². The number of hydrogen-bond donors (Lipinski definition) is 0. The minimum absolute atomic E-state index is 0.754. The normalized spacial score (nSPS) is 10.3. The Kier molecular flexibility index (Phi) is 2.67. The van der Waals surface area contributed by atoms with Crippen molar-refractivity contribution in [1.29, 1.82) is 0 Å². The van der Waals surface area contributed by atoms with Crippen LogP contribution in [-0.4, -0.2) is 20.4 Å². The molecule has 76 valence electrons. The van der Waals surface area contributed by atoms with Gasteiger partial charge in [-0.1, -0.05) is 0 Å². The topological polar surface area (TPSA) is 51.6 Å². The maximum absolute atomic E-state index is 4.11. The smallest absolute Gasteiger partial charge is 0.0675 e. The first-order chi connectivity index (χ1) is 7.24. The molecule has 0 saturated heterocycles. The third-order valence-electron chi connectivity index (χ3n) is 2.07. The number of rotatable bonds is 2. The van der Waals surface area contributed by atoms with E-state index in [-0.39, 0.29) is 0 Å². The summed E-state index contributed by atoms with van der Waals surface area (Å²) in [5.74, 6) is 0. The predicted octanol–water partition coefficient (Wildman–Crippen LogP) is 1.47. The molecule has 4 heteroatoms. The second kappa shape index (κ2) is 4.13. The van der Waals surface area contributed by atoms with Crippen molar-refractivity contribution in [3.05, 3.63) is 47.0 Å². The van der Waals surface area contributed by atoms with Crippen molar-refractivity contribution in [2.24, 2.45) is 0 Å². The van der Waals surface area contributed by atoms with Crippen molar-refractivity contribution in [1.82, 2.24) is 20.4 Å². The maximum Gasteiger partial charge on any atom is 0.0675 e. The molecule has 0 unspecified atom stereocenters. The summed E-state index contributed by atoms with van der Waals surface area (Å²) in [5.41, 5.74) is 3.92. The highest BCUT2D eigenvalue weighted by Crippen LogP contribution is 2.05. The van der Waals surface area contributed by atoms with E-state index in [0.717, 1.165) is 29.1 Å². The fraction of sp³-hybridized carbons (Fsp3) is 0.273. The highest BCUT2D eigenvalue weighted by molar-refractivity contribution is 5.19. The van der Waals surface area contributed by atoms with Gasteiger partial charge in [-0.15, -0.1) is 0 Å². The van der Waals surface area contributed by atoms with E-state index in [4.69, 9.17) is 0 Å². The Hall–Kier alpha value is -1.84. The van der Waals surface area contributed by atoms with Crippen molar-refractivity contribution in [3.8, 4) is 0 Å². The van der Waals surface area contributed by atoms with Crippen LogP contribution in [0.3, 0.4) is 0 Å². The van der Waals surface area contributed by atoms with Gasteiger partial charge < -0.3 is 0 Å². The average Bonchev–Trinajstić information content (AvgIpc) is 2.22. The quantitative estimate of drug-likeness (QED) is 0.736. The molecule has 0 saturated carbocycles. The summed E-state index contributed by atoms with van der Waals surface area (Å²) in [6.07, 6.45) is 2.51. The van der Waals surface area contributed by atoms with Crippen molar-refractivity contribution in [3.63, 3.8) is 0 Å². The Balaban J connectivity index is 2.18. The van der Waals surface area contributed by atoms with Crippen LogP contribution < -0.4 is 0 Å². The molecule has 0 amide bonds. The van der Waals surface area contributed by atoms with Crippen LogP contribution in [0, 0.1) is 13.8 Å². The number of aryl methyl sites for hydroxylation is 2. The summed E-state index contributed by atoms with van der Waals surface area (Å²) in [6.45, 7) is 3.85. The van der Waals surface area contributed by atoms with E-state index in [1.54, 1.807) is 6.20 Å². The first kappa shape index (κ1) is 9.71. The monoisotopic (exact) mass is 200 g/mol. The third-order valence-corrected chi connectivity index (χ3v) is 2.07. The van der Waals surface area contributed by atoms with Gasteiger partial charge in [0.25, 0.3) is 0 Å². The van der Waals surface area contributed by atoms with Gasteiger partial charge in [0.2, 0.25) is 0 Å². The van der Waals surface area contributed by atoms with Gasteiger partial charge >= 0.3 is 0 Å². The van der Waals surface area contributed by atoms with E-state index in [1.807, 2.05) is 32.0 Å². The molecular formula is C11H12N4. The molecule has 15 heavy (non-hydrogen) atoms. The van der Waals surface area contributed by atoms with Crippen LogP contribution in [0.15, 0.2) is 24.4 Å². The van der Waals surface area contributed by atoms with Crippen LogP contribution in [0.2, 0.25) is 0 Å². The van der Waals surface area contributed by atoms with Crippen LogP contribution in [-0.2, 0) is 6.42 Å². The molecular weight excluding hydrogens is 188 g/mol. The molecule has 0 atom stereocenters. The SMILES string of the molecule is Cc1cc(Cc2ccc(C)nn2)cnn1. The lowest BCUT2D eigenvalue weighted by Gasteiger charge is -2.00. The van der Waals surface area contributed by atoms with Crippen LogP contribution >= 0.6 is 0 Å². The van der Waals surface area contributed by atoms with Crippen molar-refractivity contribution < 1.29 is 0 Å². The molecule has 0 bridgehead atoms.